The molecule has 1 fully saturated rings. The summed E-state index contributed by atoms with van der Waals surface area (Å²) < 4.78 is 25.9. The molecule has 1 aliphatic carbocycles. The Morgan fingerprint density at radius 1 is 1.29 bits per heavy atom. The maximum Gasteiger partial charge on any atom is 0.255 e. The molecule has 2 heteroatoms. The lowest BCUT2D eigenvalue weighted by Gasteiger charge is -2.11. The molecule has 0 saturated heterocycles. The third-order valence-corrected chi connectivity index (χ3v) is 2.82. The Morgan fingerprint density at radius 2 is 1.86 bits per heavy atom. The van der Waals surface area contributed by atoms with Gasteiger partial charge in [0.2, 0.25) is 0 Å². The molecule has 0 N–H and O–H groups in total. The summed E-state index contributed by atoms with van der Waals surface area (Å²) >= 11 is 0. The largest absolute Gasteiger partial charge is 0.255 e. The third-order valence-electron chi connectivity index (χ3n) is 2.82. The first-order valence-corrected chi connectivity index (χ1v) is 4.99. The number of rotatable bonds is 2. The molecular formula is C12H14F2. The van der Waals surface area contributed by atoms with Gasteiger partial charge in [0, 0.05) is 6.42 Å². The molecule has 0 nitrogen and oxygen atoms in total. The monoisotopic (exact) mass is 196 g/mol. The second-order valence-corrected chi connectivity index (χ2v) is 4.30. The Kier molecular flexibility index (Phi) is 2.09. The van der Waals surface area contributed by atoms with Gasteiger partial charge in [0.1, 0.15) is 0 Å². The molecule has 14 heavy (non-hydrogen) atoms. The van der Waals surface area contributed by atoms with Crippen LogP contribution in [0.1, 0.15) is 43.2 Å². The molecule has 0 aliphatic heterocycles. The summed E-state index contributed by atoms with van der Waals surface area (Å²) in [5, 5.41) is 0. The van der Waals surface area contributed by atoms with Crippen LogP contribution in [0, 0.1) is 0 Å². The maximum atomic E-state index is 12.9. The fraction of sp³-hybridized carbons (Fsp3) is 0.500. The van der Waals surface area contributed by atoms with Crippen molar-refractivity contribution in [2.45, 2.75) is 38.0 Å². The molecular weight excluding hydrogens is 182 g/mol. The van der Waals surface area contributed by atoms with E-state index in [1.807, 2.05) is 38.1 Å². The first-order chi connectivity index (χ1) is 6.52. The van der Waals surface area contributed by atoms with Crippen LogP contribution in [0.4, 0.5) is 8.78 Å². The van der Waals surface area contributed by atoms with Crippen molar-refractivity contribution >= 4 is 0 Å². The van der Waals surface area contributed by atoms with Crippen LogP contribution in [0.25, 0.3) is 0 Å². The summed E-state index contributed by atoms with van der Waals surface area (Å²) in [6.45, 7) is 4.08. The molecule has 1 atom stereocenters. The van der Waals surface area contributed by atoms with Gasteiger partial charge in [-0.3, -0.25) is 0 Å². The zero-order valence-electron chi connectivity index (χ0n) is 8.43. The molecule has 1 saturated carbocycles. The van der Waals surface area contributed by atoms with Crippen molar-refractivity contribution in [1.82, 2.24) is 0 Å². The molecule has 0 aromatic heterocycles. The van der Waals surface area contributed by atoms with Crippen molar-refractivity contribution in [3.63, 3.8) is 0 Å². The molecule has 1 unspecified atom stereocenters. The molecule has 76 valence electrons. The number of benzene rings is 1. The van der Waals surface area contributed by atoms with Crippen molar-refractivity contribution in [2.75, 3.05) is 0 Å². The van der Waals surface area contributed by atoms with E-state index in [1.165, 1.54) is 0 Å². The van der Waals surface area contributed by atoms with E-state index >= 15 is 0 Å². The van der Waals surface area contributed by atoms with Crippen LogP contribution < -0.4 is 0 Å². The minimum atomic E-state index is -2.45. The molecule has 0 bridgehead atoms. The van der Waals surface area contributed by atoms with E-state index in [0.29, 0.717) is 5.92 Å². The molecule has 0 amide bonds. The average Bonchev–Trinajstić information content (AvgIpc) is 2.75. The van der Waals surface area contributed by atoms with Gasteiger partial charge in [-0.05, 0) is 17.0 Å². The molecule has 0 spiro atoms. The quantitative estimate of drug-likeness (QED) is 0.672. The molecule has 1 aliphatic rings. The number of hydrogen-bond acceptors (Lipinski definition) is 0. The molecule has 0 radical (unpaired) electrons. The Labute approximate surface area is 82.9 Å². The summed E-state index contributed by atoms with van der Waals surface area (Å²) in [4.78, 5) is 0. The van der Waals surface area contributed by atoms with Gasteiger partial charge in [0.25, 0.3) is 5.92 Å². The first kappa shape index (κ1) is 9.63. The van der Waals surface area contributed by atoms with Crippen molar-refractivity contribution in [2.24, 2.45) is 0 Å². The predicted octanol–water partition coefficient (Wildman–Crippen LogP) is 3.93. The maximum absolute atomic E-state index is 12.9. The highest BCUT2D eigenvalue weighted by atomic mass is 19.3. The highest BCUT2D eigenvalue weighted by Gasteiger charge is 2.58. The highest BCUT2D eigenvalue weighted by molar-refractivity contribution is 5.38. The van der Waals surface area contributed by atoms with Crippen LogP contribution in [0.3, 0.4) is 0 Å². The van der Waals surface area contributed by atoms with Gasteiger partial charge >= 0.3 is 0 Å². The lowest BCUT2D eigenvalue weighted by molar-refractivity contribution is 0.112. The van der Waals surface area contributed by atoms with Gasteiger partial charge in [-0.2, -0.15) is 0 Å². The minimum absolute atomic E-state index is 0.0245. The lowest BCUT2D eigenvalue weighted by atomic mass is 9.94. The van der Waals surface area contributed by atoms with Crippen LogP contribution in [-0.2, 0) is 0 Å². The van der Waals surface area contributed by atoms with E-state index < -0.39 is 11.8 Å². The minimum Gasteiger partial charge on any atom is -0.206 e. The highest BCUT2D eigenvalue weighted by Crippen LogP contribution is 2.56. The molecule has 2 rings (SSSR count). The predicted molar refractivity (Wildman–Crippen MR) is 52.8 cm³/mol. The summed E-state index contributed by atoms with van der Waals surface area (Å²) in [5.74, 6) is -2.66. The van der Waals surface area contributed by atoms with Crippen molar-refractivity contribution < 1.29 is 8.78 Å². The second kappa shape index (κ2) is 3.04. The van der Waals surface area contributed by atoms with Crippen LogP contribution >= 0.6 is 0 Å². The van der Waals surface area contributed by atoms with Crippen LogP contribution in [0.5, 0.6) is 0 Å². The van der Waals surface area contributed by atoms with Gasteiger partial charge in [0.15, 0.2) is 0 Å². The smallest absolute Gasteiger partial charge is 0.206 e. The van der Waals surface area contributed by atoms with E-state index in [9.17, 15) is 8.78 Å². The Hall–Kier alpha value is -0.920. The first-order valence-electron chi connectivity index (χ1n) is 4.99. The Morgan fingerprint density at radius 3 is 2.36 bits per heavy atom. The average molecular weight is 196 g/mol. The lowest BCUT2D eigenvalue weighted by Crippen LogP contribution is -1.99. The van der Waals surface area contributed by atoms with E-state index in [2.05, 4.69) is 0 Å². The van der Waals surface area contributed by atoms with Gasteiger partial charge in [-0.15, -0.1) is 0 Å². The van der Waals surface area contributed by atoms with E-state index in [0.717, 1.165) is 11.1 Å². The fourth-order valence-corrected chi connectivity index (χ4v) is 1.90. The van der Waals surface area contributed by atoms with Crippen molar-refractivity contribution in [3.05, 3.63) is 35.4 Å². The SMILES string of the molecule is CC(C)c1ccccc1C1CC1(F)F. The molecule has 1 aromatic rings. The third kappa shape index (κ3) is 1.54. The normalized spacial score (nSPS) is 23.9. The van der Waals surface area contributed by atoms with Gasteiger partial charge in [-0.1, -0.05) is 38.1 Å². The van der Waals surface area contributed by atoms with Gasteiger partial charge in [0.05, 0.1) is 5.92 Å². The van der Waals surface area contributed by atoms with E-state index in [1.54, 1.807) is 0 Å². The fourth-order valence-electron chi connectivity index (χ4n) is 1.90. The molecule has 1 aromatic carbocycles. The number of alkyl halides is 2. The van der Waals surface area contributed by atoms with Crippen LogP contribution in [0.15, 0.2) is 24.3 Å². The summed E-state index contributed by atoms with van der Waals surface area (Å²) in [7, 11) is 0. The topological polar surface area (TPSA) is 0 Å². The number of hydrogen-bond donors (Lipinski definition) is 0. The Bertz CT molecular complexity index is 342. The number of halogens is 2. The zero-order valence-corrected chi connectivity index (χ0v) is 8.43. The summed E-state index contributed by atoms with van der Waals surface area (Å²) in [6, 6.07) is 7.55. The van der Waals surface area contributed by atoms with Crippen LogP contribution in [0.2, 0.25) is 0 Å². The van der Waals surface area contributed by atoms with Crippen molar-refractivity contribution in [3.8, 4) is 0 Å². The Balaban J connectivity index is 2.34. The van der Waals surface area contributed by atoms with Crippen LogP contribution in [-0.4, -0.2) is 5.92 Å². The van der Waals surface area contributed by atoms with E-state index in [4.69, 9.17) is 0 Å². The summed E-state index contributed by atoms with van der Waals surface area (Å²) in [6.07, 6.45) is 0.0245. The van der Waals surface area contributed by atoms with Crippen molar-refractivity contribution in [1.29, 1.82) is 0 Å². The van der Waals surface area contributed by atoms with Gasteiger partial charge in [-0.25, -0.2) is 8.78 Å². The van der Waals surface area contributed by atoms with E-state index in [-0.39, 0.29) is 6.42 Å². The van der Waals surface area contributed by atoms with Gasteiger partial charge < -0.3 is 0 Å². The molecule has 0 heterocycles. The zero-order chi connectivity index (χ0) is 10.3. The summed E-state index contributed by atoms with van der Waals surface area (Å²) in [5.41, 5.74) is 1.90. The standard InChI is InChI=1S/C12H14F2/c1-8(2)9-5-3-4-6-10(9)11-7-12(11,13)14/h3-6,8,11H,7H2,1-2H3. The second-order valence-electron chi connectivity index (χ2n) is 4.30.